The van der Waals surface area contributed by atoms with Crippen molar-refractivity contribution in [3.05, 3.63) is 47.0 Å². The van der Waals surface area contributed by atoms with Gasteiger partial charge in [0.15, 0.2) is 34.7 Å². The van der Waals surface area contributed by atoms with Crippen LogP contribution < -0.4 is 15.8 Å². The van der Waals surface area contributed by atoms with Gasteiger partial charge in [-0.25, -0.2) is 0 Å². The van der Waals surface area contributed by atoms with E-state index in [4.69, 9.17) is 10.5 Å². The van der Waals surface area contributed by atoms with Crippen LogP contribution in [0.1, 0.15) is 48.7 Å². The monoisotopic (exact) mass is 687 g/mol. The Morgan fingerprint density at radius 1 is 1.08 bits per heavy atom. The third-order valence-electron chi connectivity index (χ3n) is 10.2. The summed E-state index contributed by atoms with van der Waals surface area (Å²) in [6, 6.07) is 5.92. The Balaban J connectivity index is 1.66. The van der Waals surface area contributed by atoms with Crippen LogP contribution in [-0.4, -0.2) is 88.6 Å². The van der Waals surface area contributed by atoms with E-state index in [0.29, 0.717) is 11.1 Å². The van der Waals surface area contributed by atoms with Gasteiger partial charge in [0.1, 0.15) is 11.5 Å². The minimum Gasteiger partial charge on any atom is -0.507 e. The molecule has 2 unspecified atom stereocenters. The second-order valence-electron chi connectivity index (χ2n) is 13.7. The number of phenols is 1. The zero-order valence-corrected chi connectivity index (χ0v) is 27.4. The quantitative estimate of drug-likeness (QED) is 0.313. The molecule has 2 aromatic carbocycles. The van der Waals surface area contributed by atoms with E-state index in [0.717, 1.165) is 0 Å². The van der Waals surface area contributed by atoms with E-state index >= 15 is 0 Å². The number of alkyl halides is 3. The lowest BCUT2D eigenvalue weighted by atomic mass is 9.42. The van der Waals surface area contributed by atoms with Gasteiger partial charge in [0.25, 0.3) is 0 Å². The number of hydrogen-bond donors (Lipinski definition) is 4. The molecule has 15 heteroatoms. The molecule has 5 N–H and O–H groups in total. The number of rotatable bonds is 7. The average Bonchev–Trinajstić information content (AvgIpc) is 2.97. The Hall–Kier alpha value is -4.63. The molecule has 3 aliphatic rings. The molecule has 2 aromatic rings. The van der Waals surface area contributed by atoms with Crippen molar-refractivity contribution >= 4 is 34.9 Å². The number of phenolic OH excluding ortho intramolecular Hbond substituents is 1. The molecule has 2 saturated carbocycles. The van der Waals surface area contributed by atoms with Gasteiger partial charge in [0, 0.05) is 17.5 Å². The summed E-state index contributed by atoms with van der Waals surface area (Å²) in [7, 11) is 2.97. The highest BCUT2D eigenvalue weighted by molar-refractivity contribution is 6.33. The topological polar surface area (TPSA) is 193 Å². The maximum atomic E-state index is 14.4. The Morgan fingerprint density at radius 2 is 1.73 bits per heavy atom. The van der Waals surface area contributed by atoms with E-state index in [9.17, 15) is 52.2 Å². The number of likely N-dealkylation sites (N-methyl/N-ethyl adjacent to an activating group) is 1. The van der Waals surface area contributed by atoms with Gasteiger partial charge in [0.2, 0.25) is 5.91 Å². The maximum Gasteiger partial charge on any atom is 0.471 e. The number of nitrogens with one attached hydrogen (secondary N) is 1. The second-order valence-corrected chi connectivity index (χ2v) is 13.7. The summed E-state index contributed by atoms with van der Waals surface area (Å²) < 4.78 is 44.3. The number of aliphatic hydroxyl groups is 1. The first-order chi connectivity index (χ1) is 22.7. The SMILES string of the molecule is CCOc1ccc(-c2ccc(O)c3c2C[C@@]2(C)C[C@@]4(C)[C@H](N(C)C)C(=O)C(C(N)=O)C(=O)[C@@]4(O)C(=O)C2C3=O)cc1CNC(=O)C(F)(F)F. The van der Waals surface area contributed by atoms with Gasteiger partial charge in [-0.2, -0.15) is 13.2 Å². The number of nitrogens with zero attached hydrogens (tertiary/aromatic N) is 1. The summed E-state index contributed by atoms with van der Waals surface area (Å²) in [6.07, 6.45) is -5.42. The van der Waals surface area contributed by atoms with E-state index in [-0.39, 0.29) is 41.9 Å². The molecule has 12 nitrogen and oxygen atoms in total. The lowest BCUT2D eigenvalue weighted by molar-refractivity contribution is -0.203. The normalized spacial score (nSPS) is 29.6. The van der Waals surface area contributed by atoms with Crippen LogP contribution in [0, 0.1) is 22.7 Å². The molecule has 262 valence electrons. The molecule has 49 heavy (non-hydrogen) atoms. The summed E-state index contributed by atoms with van der Waals surface area (Å²) in [5.74, 6) is -12.0. The molecule has 2 amide bonds. The lowest BCUT2D eigenvalue weighted by Gasteiger charge is -2.61. The third kappa shape index (κ3) is 5.21. The highest BCUT2D eigenvalue weighted by Gasteiger charge is 2.76. The summed E-state index contributed by atoms with van der Waals surface area (Å²) in [4.78, 5) is 81.4. The Bertz CT molecular complexity index is 1830. The average molecular weight is 688 g/mol. The molecular weight excluding hydrogens is 651 g/mol. The fourth-order valence-electron chi connectivity index (χ4n) is 8.45. The number of halogens is 3. The number of hydrogen-bond acceptors (Lipinski definition) is 10. The van der Waals surface area contributed by atoms with Crippen LogP contribution >= 0.6 is 0 Å². The number of primary amides is 1. The van der Waals surface area contributed by atoms with E-state index in [1.54, 1.807) is 19.9 Å². The molecule has 6 atom stereocenters. The molecule has 0 heterocycles. The predicted molar refractivity (Wildman–Crippen MR) is 165 cm³/mol. The van der Waals surface area contributed by atoms with E-state index < -0.39 is 87.7 Å². The summed E-state index contributed by atoms with van der Waals surface area (Å²) in [5, 5.41) is 24.9. The van der Waals surface area contributed by atoms with Crippen LogP contribution in [-0.2, 0) is 36.9 Å². The van der Waals surface area contributed by atoms with Crippen LogP contribution in [0.25, 0.3) is 11.1 Å². The number of nitrogens with two attached hydrogens (primary N) is 1. The highest BCUT2D eigenvalue weighted by atomic mass is 19.4. The van der Waals surface area contributed by atoms with Gasteiger partial charge in [0.05, 0.1) is 24.1 Å². The molecule has 2 fully saturated rings. The number of carbonyl (C=O) groups excluding carboxylic acids is 6. The molecular formula is C34H36F3N3O9. The lowest BCUT2D eigenvalue weighted by Crippen LogP contribution is -2.79. The summed E-state index contributed by atoms with van der Waals surface area (Å²) in [6.45, 7) is 4.28. The molecule has 3 aliphatic carbocycles. The molecule has 0 radical (unpaired) electrons. The van der Waals surface area contributed by atoms with Crippen molar-refractivity contribution in [2.75, 3.05) is 20.7 Å². The number of benzene rings is 2. The first kappa shape index (κ1) is 35.7. The molecule has 0 aliphatic heterocycles. The number of ketones is 4. The van der Waals surface area contributed by atoms with Crippen molar-refractivity contribution in [3.63, 3.8) is 0 Å². The minimum absolute atomic E-state index is 0.0744. The van der Waals surface area contributed by atoms with Crippen LogP contribution in [0.3, 0.4) is 0 Å². The fourth-order valence-corrected chi connectivity index (χ4v) is 8.45. The van der Waals surface area contributed by atoms with Crippen LogP contribution in [0.4, 0.5) is 13.2 Å². The van der Waals surface area contributed by atoms with Crippen molar-refractivity contribution < 1.29 is 56.9 Å². The van der Waals surface area contributed by atoms with Crippen LogP contribution in [0.15, 0.2) is 30.3 Å². The second kappa shape index (κ2) is 11.8. The van der Waals surface area contributed by atoms with Gasteiger partial charge < -0.3 is 26.0 Å². The molecule has 0 aromatic heterocycles. The molecule has 5 rings (SSSR count). The summed E-state index contributed by atoms with van der Waals surface area (Å²) >= 11 is 0. The van der Waals surface area contributed by atoms with Gasteiger partial charge in [-0.05, 0) is 74.2 Å². The van der Waals surface area contributed by atoms with Gasteiger partial charge in [-0.1, -0.05) is 26.0 Å². The zero-order valence-electron chi connectivity index (χ0n) is 27.4. The smallest absolute Gasteiger partial charge is 0.471 e. The third-order valence-corrected chi connectivity index (χ3v) is 10.2. The fraction of sp³-hybridized carbons (Fsp3) is 0.471. The van der Waals surface area contributed by atoms with E-state index in [1.807, 2.05) is 5.32 Å². The molecule has 0 spiro atoms. The summed E-state index contributed by atoms with van der Waals surface area (Å²) in [5.41, 5.74) is 0.268. The number of ether oxygens (including phenoxy) is 1. The predicted octanol–water partition coefficient (Wildman–Crippen LogP) is 1.89. The van der Waals surface area contributed by atoms with E-state index in [2.05, 4.69) is 0 Å². The van der Waals surface area contributed by atoms with Gasteiger partial charge in [-0.3, -0.25) is 33.7 Å². The first-order valence-corrected chi connectivity index (χ1v) is 15.5. The Labute approximate surface area is 278 Å². The van der Waals surface area contributed by atoms with Crippen molar-refractivity contribution in [1.82, 2.24) is 10.2 Å². The number of carbonyl (C=O) groups is 6. The van der Waals surface area contributed by atoms with Crippen LogP contribution in [0.5, 0.6) is 11.5 Å². The van der Waals surface area contributed by atoms with Crippen LogP contribution in [0.2, 0.25) is 0 Å². The first-order valence-electron chi connectivity index (χ1n) is 15.5. The standard InChI is InChI=1S/C34H36F3N3O9/c1-6-49-20-10-7-15(11-16(20)13-39-30(47)34(35,36)37)17-8-9-19(41)21-18(17)12-31(2)14-32(3)26(40(4)5)25(43)22(29(38)46)27(44)33(32,48)28(45)23(31)24(21)42/h7-11,22-23,26,41,48H,6,12-14H2,1-5H3,(H2,38,46)(H,39,47)/t22?,23?,26-,31+,32+,33-/m1/s1. The highest BCUT2D eigenvalue weighted by Crippen LogP contribution is 2.62. The molecule has 0 bridgehead atoms. The zero-order chi connectivity index (χ0) is 36.6. The van der Waals surface area contributed by atoms with Crippen molar-refractivity contribution in [2.24, 2.45) is 28.4 Å². The maximum absolute atomic E-state index is 14.4. The van der Waals surface area contributed by atoms with E-state index in [1.165, 1.54) is 50.2 Å². The number of fused-ring (bicyclic) bond motifs is 3. The van der Waals surface area contributed by atoms with Crippen molar-refractivity contribution in [3.8, 4) is 22.6 Å². The van der Waals surface area contributed by atoms with Gasteiger partial charge >= 0.3 is 12.1 Å². The number of amides is 2. The Morgan fingerprint density at radius 3 is 2.31 bits per heavy atom. The Kier molecular flexibility index (Phi) is 8.56. The van der Waals surface area contributed by atoms with Gasteiger partial charge in [-0.15, -0.1) is 0 Å². The minimum atomic E-state index is -5.12. The van der Waals surface area contributed by atoms with Crippen molar-refractivity contribution in [1.29, 1.82) is 0 Å². The largest absolute Gasteiger partial charge is 0.507 e. The van der Waals surface area contributed by atoms with Crippen molar-refractivity contribution in [2.45, 2.75) is 58.0 Å². The molecule has 0 saturated heterocycles. The number of aromatic hydroxyl groups is 1. The number of Topliss-reactive ketones (excluding diaryl/α,β-unsaturated/α-hetero) is 4.